The Labute approximate surface area is 271 Å². The lowest BCUT2D eigenvalue weighted by Gasteiger charge is -2.15. The van der Waals surface area contributed by atoms with Crippen LogP contribution in [0.2, 0.25) is 0 Å². The fourth-order valence-corrected chi connectivity index (χ4v) is 7.40. The minimum atomic E-state index is 0.594. The van der Waals surface area contributed by atoms with Crippen LogP contribution in [-0.2, 0) is 0 Å². The number of hydrogen-bond donors (Lipinski definition) is 0. The lowest BCUT2D eigenvalue weighted by molar-refractivity contribution is 0.953. The summed E-state index contributed by atoms with van der Waals surface area (Å²) in [5, 5.41) is 4.86. The molecule has 10 rings (SSSR count). The van der Waals surface area contributed by atoms with Crippen molar-refractivity contribution in [2.75, 3.05) is 0 Å². The number of para-hydroxylation sites is 2. The maximum atomic E-state index is 5.26. The van der Waals surface area contributed by atoms with Crippen LogP contribution in [0.1, 0.15) is 0 Å². The Morgan fingerprint density at radius 2 is 0.809 bits per heavy atom. The Bertz CT molecular complexity index is 2600. The van der Waals surface area contributed by atoms with Gasteiger partial charge < -0.3 is 0 Å². The van der Waals surface area contributed by atoms with Crippen molar-refractivity contribution in [1.82, 2.24) is 19.5 Å². The zero-order valence-electron chi connectivity index (χ0n) is 25.3. The van der Waals surface area contributed by atoms with Gasteiger partial charge in [-0.1, -0.05) is 146 Å². The van der Waals surface area contributed by atoms with Crippen molar-refractivity contribution < 1.29 is 0 Å². The van der Waals surface area contributed by atoms with Crippen LogP contribution in [0.25, 0.3) is 94.7 Å². The molecule has 0 fully saturated rings. The first-order chi connectivity index (χ1) is 23.3. The molecule has 0 aliphatic heterocycles. The zero-order valence-corrected chi connectivity index (χ0v) is 25.3. The van der Waals surface area contributed by atoms with Gasteiger partial charge in [0.1, 0.15) is 0 Å². The summed E-state index contributed by atoms with van der Waals surface area (Å²) in [5.41, 5.74) is 11.4. The van der Waals surface area contributed by atoms with Gasteiger partial charge in [0.05, 0.1) is 11.0 Å². The van der Waals surface area contributed by atoms with Gasteiger partial charge in [-0.05, 0) is 56.3 Å². The highest BCUT2D eigenvalue weighted by Crippen LogP contribution is 2.49. The second kappa shape index (κ2) is 10.1. The summed E-state index contributed by atoms with van der Waals surface area (Å²) in [6.45, 7) is 0. The summed E-state index contributed by atoms with van der Waals surface area (Å²) in [6, 6.07) is 55.5. The molecule has 4 nitrogen and oxygen atoms in total. The van der Waals surface area contributed by atoms with E-state index in [4.69, 9.17) is 15.0 Å². The second-order valence-corrected chi connectivity index (χ2v) is 12.0. The SMILES string of the molecule is c1ccc(-c2nc(-c3ccccc3-c3ccc4c5c(cccc35)-c3ccccc3-4)nc(-n3c4ccccc4c4ccccc43)n2)cc1. The molecule has 0 saturated heterocycles. The van der Waals surface area contributed by atoms with E-state index in [1.165, 1.54) is 43.8 Å². The van der Waals surface area contributed by atoms with Crippen LogP contribution < -0.4 is 0 Å². The molecule has 9 aromatic rings. The summed E-state index contributed by atoms with van der Waals surface area (Å²) in [7, 11) is 0. The molecule has 0 unspecified atom stereocenters. The molecule has 218 valence electrons. The lowest BCUT2D eigenvalue weighted by Crippen LogP contribution is -2.06. The summed E-state index contributed by atoms with van der Waals surface area (Å²) in [6.07, 6.45) is 0. The minimum absolute atomic E-state index is 0.594. The maximum Gasteiger partial charge on any atom is 0.238 e. The highest BCUT2D eigenvalue weighted by Gasteiger charge is 2.24. The first-order valence-electron chi connectivity index (χ1n) is 15.9. The summed E-state index contributed by atoms with van der Waals surface area (Å²) >= 11 is 0. The molecule has 0 saturated carbocycles. The Balaban J connectivity index is 1.24. The average Bonchev–Trinajstić information content (AvgIpc) is 3.66. The Kier molecular flexibility index (Phi) is 5.54. The number of aromatic nitrogens is 4. The molecule has 7 aromatic carbocycles. The molecule has 0 N–H and O–H groups in total. The van der Waals surface area contributed by atoms with Crippen LogP contribution in [0.3, 0.4) is 0 Å². The monoisotopic (exact) mass is 598 g/mol. The number of hydrogen-bond acceptors (Lipinski definition) is 3. The van der Waals surface area contributed by atoms with Crippen molar-refractivity contribution in [2.24, 2.45) is 0 Å². The predicted octanol–water partition coefficient (Wildman–Crippen LogP) is 10.8. The predicted molar refractivity (Wildman–Crippen MR) is 192 cm³/mol. The van der Waals surface area contributed by atoms with Crippen molar-refractivity contribution >= 4 is 32.6 Å². The number of benzene rings is 7. The molecular formula is C43H26N4. The number of nitrogens with zero attached hydrogens (tertiary/aromatic N) is 4. The van der Waals surface area contributed by atoms with Crippen LogP contribution >= 0.6 is 0 Å². The van der Waals surface area contributed by atoms with Crippen molar-refractivity contribution in [1.29, 1.82) is 0 Å². The highest BCUT2D eigenvalue weighted by atomic mass is 15.2. The smallest absolute Gasteiger partial charge is 0.238 e. The third-order valence-electron chi connectivity index (χ3n) is 9.44. The van der Waals surface area contributed by atoms with Crippen LogP contribution in [0.5, 0.6) is 0 Å². The van der Waals surface area contributed by atoms with Gasteiger partial charge in [-0.15, -0.1) is 0 Å². The summed E-state index contributed by atoms with van der Waals surface area (Å²) in [4.78, 5) is 15.5. The number of fused-ring (bicyclic) bond motifs is 6. The van der Waals surface area contributed by atoms with Crippen molar-refractivity contribution in [3.63, 3.8) is 0 Å². The van der Waals surface area contributed by atoms with Crippen LogP contribution in [0.4, 0.5) is 0 Å². The van der Waals surface area contributed by atoms with E-state index < -0.39 is 0 Å². The molecule has 0 spiro atoms. The van der Waals surface area contributed by atoms with Gasteiger partial charge in [0.2, 0.25) is 5.95 Å². The summed E-state index contributed by atoms with van der Waals surface area (Å²) in [5.74, 6) is 1.87. The van der Waals surface area contributed by atoms with E-state index in [-0.39, 0.29) is 0 Å². The fraction of sp³-hybridized carbons (Fsp3) is 0. The minimum Gasteiger partial charge on any atom is -0.278 e. The van der Waals surface area contributed by atoms with Crippen molar-refractivity contribution in [3.8, 4) is 62.1 Å². The Morgan fingerprint density at radius 3 is 1.51 bits per heavy atom. The van der Waals surface area contributed by atoms with Crippen LogP contribution in [0.15, 0.2) is 158 Å². The largest absolute Gasteiger partial charge is 0.278 e. The van der Waals surface area contributed by atoms with Gasteiger partial charge in [0, 0.05) is 21.9 Å². The van der Waals surface area contributed by atoms with Crippen molar-refractivity contribution in [3.05, 3.63) is 158 Å². The van der Waals surface area contributed by atoms with Gasteiger partial charge >= 0.3 is 0 Å². The van der Waals surface area contributed by atoms with Crippen LogP contribution in [0, 0.1) is 0 Å². The first kappa shape index (κ1) is 25.9. The lowest BCUT2D eigenvalue weighted by atomic mass is 9.91. The van der Waals surface area contributed by atoms with E-state index >= 15 is 0 Å². The summed E-state index contributed by atoms with van der Waals surface area (Å²) < 4.78 is 2.17. The standard InChI is InChI=1S/C43H26N4/c1-2-13-27(14-3-1)41-44-42(46-43(45-41)47-38-23-10-8-18-32(38)33-19-9-11-24-39(33)47)37-20-7-6-17-30(37)31-25-26-36-29-16-5-4-15-28(29)34-21-12-22-35(31)40(34)36/h1-26H. The topological polar surface area (TPSA) is 43.6 Å². The van der Waals surface area contributed by atoms with E-state index in [2.05, 4.69) is 144 Å². The van der Waals surface area contributed by atoms with Crippen molar-refractivity contribution in [2.45, 2.75) is 0 Å². The quantitative estimate of drug-likeness (QED) is 0.202. The second-order valence-electron chi connectivity index (χ2n) is 12.0. The van der Waals surface area contributed by atoms with Gasteiger partial charge in [-0.25, -0.2) is 4.98 Å². The van der Waals surface area contributed by atoms with Gasteiger partial charge in [0.15, 0.2) is 11.6 Å². The van der Waals surface area contributed by atoms with Gasteiger partial charge in [-0.3, -0.25) is 4.57 Å². The molecule has 2 aromatic heterocycles. The molecule has 0 radical (unpaired) electrons. The molecule has 47 heavy (non-hydrogen) atoms. The average molecular weight is 599 g/mol. The van der Waals surface area contributed by atoms with E-state index in [9.17, 15) is 0 Å². The third kappa shape index (κ3) is 3.85. The molecule has 0 atom stereocenters. The van der Waals surface area contributed by atoms with E-state index in [1.807, 2.05) is 18.2 Å². The molecule has 2 heterocycles. The molecule has 1 aliphatic carbocycles. The Morgan fingerprint density at radius 1 is 0.319 bits per heavy atom. The molecule has 1 aliphatic rings. The van der Waals surface area contributed by atoms with E-state index in [1.54, 1.807) is 0 Å². The molecule has 0 bridgehead atoms. The highest BCUT2D eigenvalue weighted by molar-refractivity contribution is 6.19. The van der Waals surface area contributed by atoms with E-state index in [0.717, 1.165) is 33.3 Å². The van der Waals surface area contributed by atoms with Crippen LogP contribution in [-0.4, -0.2) is 19.5 Å². The molecule has 4 heteroatoms. The number of rotatable bonds is 4. The zero-order chi connectivity index (χ0) is 30.9. The normalized spacial score (nSPS) is 11.8. The molecule has 0 amide bonds. The maximum absolute atomic E-state index is 5.26. The van der Waals surface area contributed by atoms with Gasteiger partial charge in [0.25, 0.3) is 0 Å². The Hall–Kier alpha value is -6.39. The fourth-order valence-electron chi connectivity index (χ4n) is 7.40. The molecular weight excluding hydrogens is 573 g/mol. The van der Waals surface area contributed by atoms with Gasteiger partial charge in [-0.2, -0.15) is 9.97 Å². The third-order valence-corrected chi connectivity index (χ3v) is 9.44. The first-order valence-corrected chi connectivity index (χ1v) is 15.9. The van der Waals surface area contributed by atoms with E-state index in [0.29, 0.717) is 17.6 Å².